The zero-order valence-corrected chi connectivity index (χ0v) is 23.9. The highest BCUT2D eigenvalue weighted by atomic mass is 32.1. The maximum Gasteiger partial charge on any atom is 0.257 e. The van der Waals surface area contributed by atoms with Crippen LogP contribution in [0.2, 0.25) is 0 Å². The highest BCUT2D eigenvalue weighted by Crippen LogP contribution is 2.35. The van der Waals surface area contributed by atoms with Crippen LogP contribution in [0.5, 0.6) is 0 Å². The van der Waals surface area contributed by atoms with E-state index in [-0.39, 0.29) is 18.2 Å². The first-order chi connectivity index (χ1) is 19.8. The van der Waals surface area contributed by atoms with Gasteiger partial charge in [0.15, 0.2) is 0 Å². The summed E-state index contributed by atoms with van der Waals surface area (Å²) in [6.07, 6.45) is -0.0768. The number of carbonyl (C=O) groups is 3. The molecule has 0 bridgehead atoms. The average Bonchev–Trinajstić information content (AvgIpc) is 3.53. The molecule has 2 unspecified atom stereocenters. The van der Waals surface area contributed by atoms with Crippen LogP contribution < -0.4 is 4.90 Å². The Bertz CT molecular complexity index is 1760. The van der Waals surface area contributed by atoms with E-state index in [1.165, 1.54) is 10.5 Å². The van der Waals surface area contributed by atoms with Crippen molar-refractivity contribution in [2.75, 3.05) is 4.90 Å². The van der Waals surface area contributed by atoms with Gasteiger partial charge in [0, 0.05) is 11.1 Å². The number of fused-ring (bicyclic) bond motifs is 1. The predicted molar refractivity (Wildman–Crippen MR) is 163 cm³/mol. The molecular weight excluding hydrogens is 530 g/mol. The fourth-order valence-electron chi connectivity index (χ4n) is 5.34. The Balaban J connectivity index is 1.31. The summed E-state index contributed by atoms with van der Waals surface area (Å²) in [5, 5.41) is 0.876. The lowest BCUT2D eigenvalue weighted by molar-refractivity contribution is -0.122. The monoisotopic (exact) mass is 559 g/mol. The second kappa shape index (κ2) is 10.7. The van der Waals surface area contributed by atoms with Gasteiger partial charge in [-0.05, 0) is 80.4 Å². The van der Waals surface area contributed by atoms with E-state index < -0.39 is 18.0 Å². The van der Waals surface area contributed by atoms with E-state index in [4.69, 9.17) is 4.98 Å². The summed E-state index contributed by atoms with van der Waals surface area (Å²) in [5.74, 6) is -1.01. The number of aromatic nitrogens is 1. The number of hydrogen-bond donors (Lipinski definition) is 0. The first-order valence-corrected chi connectivity index (χ1v) is 14.4. The summed E-state index contributed by atoms with van der Waals surface area (Å²) in [4.78, 5) is 48.6. The van der Waals surface area contributed by atoms with Crippen LogP contribution >= 0.6 is 11.3 Å². The lowest BCUT2D eigenvalue weighted by atomic mass is 10.0. The molecule has 0 radical (unpaired) electrons. The van der Waals surface area contributed by atoms with Crippen LogP contribution in [0.4, 0.5) is 5.69 Å². The minimum atomic E-state index is -0.918. The maximum atomic E-state index is 13.9. The van der Waals surface area contributed by atoms with Gasteiger partial charge in [-0.2, -0.15) is 0 Å². The normalized spacial score (nSPS) is 15.9. The first kappa shape index (κ1) is 26.6. The number of imide groups is 1. The molecule has 4 aromatic carbocycles. The third kappa shape index (κ3) is 5.05. The van der Waals surface area contributed by atoms with Gasteiger partial charge in [0.25, 0.3) is 11.8 Å². The van der Waals surface area contributed by atoms with Gasteiger partial charge >= 0.3 is 0 Å². The molecule has 0 aliphatic carbocycles. The number of nitrogens with zero attached hydrogens (tertiary/aromatic N) is 3. The first-order valence-electron chi connectivity index (χ1n) is 13.6. The van der Waals surface area contributed by atoms with Gasteiger partial charge in [-0.3, -0.25) is 14.4 Å². The van der Waals surface area contributed by atoms with Crippen LogP contribution in [0.3, 0.4) is 0 Å². The van der Waals surface area contributed by atoms with Crippen molar-refractivity contribution in [3.63, 3.8) is 0 Å². The molecule has 5 aromatic rings. The number of carbonyl (C=O) groups excluding carboxylic acids is 3. The Morgan fingerprint density at radius 3 is 2.29 bits per heavy atom. The molecule has 7 heteroatoms. The number of amides is 3. The molecule has 1 aliphatic heterocycles. The fraction of sp³-hybridized carbons (Fsp3) is 0.176. The van der Waals surface area contributed by atoms with Crippen molar-refractivity contribution in [1.82, 2.24) is 9.88 Å². The standard InChI is InChI=1S/C34H29N3O3S/c1-21-9-12-26(13-10-21)33(39)36(23(3)24-7-5-4-6-8-24)29-20-31(38)37(34(29)40)27-16-14-25(15-17-27)32-35-28-18-11-22(2)19-30(28)41-32/h4-19,23,29H,20H2,1-3H3. The van der Waals surface area contributed by atoms with Gasteiger partial charge in [-0.1, -0.05) is 54.1 Å². The largest absolute Gasteiger partial charge is 0.319 e. The van der Waals surface area contributed by atoms with E-state index in [0.717, 1.165) is 31.9 Å². The molecule has 204 valence electrons. The Morgan fingerprint density at radius 1 is 0.902 bits per heavy atom. The smallest absolute Gasteiger partial charge is 0.257 e. The Hall–Kier alpha value is -4.62. The van der Waals surface area contributed by atoms with Crippen LogP contribution in [0.1, 0.15) is 46.4 Å². The topological polar surface area (TPSA) is 70.6 Å². The van der Waals surface area contributed by atoms with Crippen molar-refractivity contribution in [2.24, 2.45) is 0 Å². The molecular formula is C34H29N3O3S. The van der Waals surface area contributed by atoms with Crippen molar-refractivity contribution in [2.45, 2.75) is 39.3 Å². The maximum absolute atomic E-state index is 13.9. The van der Waals surface area contributed by atoms with Crippen molar-refractivity contribution in [3.8, 4) is 10.6 Å². The van der Waals surface area contributed by atoms with Gasteiger partial charge in [0.05, 0.1) is 28.4 Å². The van der Waals surface area contributed by atoms with E-state index in [2.05, 4.69) is 13.0 Å². The van der Waals surface area contributed by atoms with Crippen molar-refractivity contribution in [3.05, 3.63) is 119 Å². The van der Waals surface area contributed by atoms with Gasteiger partial charge < -0.3 is 4.90 Å². The fourth-order valence-corrected chi connectivity index (χ4v) is 6.41. The minimum Gasteiger partial charge on any atom is -0.319 e. The van der Waals surface area contributed by atoms with Crippen LogP contribution in [-0.2, 0) is 9.59 Å². The Morgan fingerprint density at radius 2 is 1.59 bits per heavy atom. The Labute approximate surface area is 242 Å². The minimum absolute atomic E-state index is 0.0768. The number of benzene rings is 4. The van der Waals surface area contributed by atoms with Crippen molar-refractivity contribution in [1.29, 1.82) is 0 Å². The molecule has 0 saturated carbocycles. The third-order valence-electron chi connectivity index (χ3n) is 7.61. The van der Waals surface area contributed by atoms with E-state index in [1.807, 2.05) is 80.6 Å². The summed E-state index contributed by atoms with van der Waals surface area (Å²) < 4.78 is 1.11. The molecule has 0 N–H and O–H groups in total. The molecule has 3 amide bonds. The highest BCUT2D eigenvalue weighted by Gasteiger charge is 2.46. The molecule has 1 aromatic heterocycles. The van der Waals surface area contributed by atoms with Gasteiger partial charge in [-0.25, -0.2) is 9.88 Å². The molecule has 41 heavy (non-hydrogen) atoms. The number of thiazole rings is 1. The second-order valence-corrected chi connectivity index (χ2v) is 11.5. The van der Waals surface area contributed by atoms with Gasteiger partial charge in [0.2, 0.25) is 5.91 Å². The molecule has 1 fully saturated rings. The van der Waals surface area contributed by atoms with Crippen molar-refractivity contribution >= 4 is 45.0 Å². The second-order valence-electron chi connectivity index (χ2n) is 10.5. The molecule has 0 spiro atoms. The summed E-state index contributed by atoms with van der Waals surface area (Å²) in [6, 6.07) is 29.0. The molecule has 1 aliphatic rings. The van der Waals surface area contributed by atoms with Crippen LogP contribution in [0.25, 0.3) is 20.8 Å². The van der Waals surface area contributed by atoms with Crippen LogP contribution in [0, 0.1) is 13.8 Å². The number of anilines is 1. The molecule has 2 atom stereocenters. The SMILES string of the molecule is Cc1ccc(C(=O)N(C2CC(=O)N(c3ccc(-c4nc5ccc(C)cc5s4)cc3)C2=O)C(C)c2ccccc2)cc1. The lowest BCUT2D eigenvalue weighted by Crippen LogP contribution is -2.46. The van der Waals surface area contributed by atoms with E-state index in [1.54, 1.807) is 40.5 Å². The van der Waals surface area contributed by atoms with Gasteiger partial charge in [0.1, 0.15) is 11.0 Å². The molecule has 2 heterocycles. The Kier molecular flexibility index (Phi) is 6.97. The average molecular weight is 560 g/mol. The molecule has 1 saturated heterocycles. The van der Waals surface area contributed by atoms with E-state index in [9.17, 15) is 14.4 Å². The number of aryl methyl sites for hydroxylation is 2. The quantitative estimate of drug-likeness (QED) is 0.208. The zero-order valence-electron chi connectivity index (χ0n) is 23.1. The molecule has 6 nitrogen and oxygen atoms in total. The van der Waals surface area contributed by atoms with Crippen LogP contribution in [0.15, 0.2) is 97.1 Å². The number of rotatable bonds is 6. The summed E-state index contributed by atoms with van der Waals surface area (Å²) >= 11 is 1.61. The zero-order chi connectivity index (χ0) is 28.7. The summed E-state index contributed by atoms with van der Waals surface area (Å²) in [6.45, 7) is 5.91. The highest BCUT2D eigenvalue weighted by molar-refractivity contribution is 7.21. The van der Waals surface area contributed by atoms with Gasteiger partial charge in [-0.15, -0.1) is 11.3 Å². The predicted octanol–water partition coefficient (Wildman–Crippen LogP) is 7.12. The summed E-state index contributed by atoms with van der Waals surface area (Å²) in [7, 11) is 0. The summed E-state index contributed by atoms with van der Waals surface area (Å²) in [5.41, 5.74) is 5.93. The third-order valence-corrected chi connectivity index (χ3v) is 8.67. The van der Waals surface area contributed by atoms with Crippen LogP contribution in [-0.4, -0.2) is 33.6 Å². The van der Waals surface area contributed by atoms with Crippen molar-refractivity contribution < 1.29 is 14.4 Å². The van der Waals surface area contributed by atoms with E-state index >= 15 is 0 Å². The lowest BCUT2D eigenvalue weighted by Gasteiger charge is -2.33. The molecule has 6 rings (SSSR count). The van der Waals surface area contributed by atoms with E-state index in [0.29, 0.717) is 11.3 Å². The number of hydrogen-bond acceptors (Lipinski definition) is 5.